The molecule has 0 aliphatic heterocycles. The van der Waals surface area contributed by atoms with Crippen molar-refractivity contribution < 1.29 is 0 Å². The van der Waals surface area contributed by atoms with Crippen LogP contribution in [0.2, 0.25) is 10.0 Å². The predicted molar refractivity (Wildman–Crippen MR) is 81.2 cm³/mol. The highest BCUT2D eigenvalue weighted by Gasteiger charge is 2.10. The van der Waals surface area contributed by atoms with E-state index in [9.17, 15) is 0 Å². The fourth-order valence-corrected chi connectivity index (χ4v) is 2.48. The summed E-state index contributed by atoms with van der Waals surface area (Å²) in [7, 11) is 0. The Morgan fingerprint density at radius 3 is 2.70 bits per heavy atom. The standard InChI is InChI=1S/C14H10Cl2N4/c15-10-1-2-12(11(16)6-10)20-8-18-7-13(20)9-3-4-19-14(17)5-9/h1-8H,(H2,17,19). The van der Waals surface area contributed by atoms with Crippen molar-refractivity contribution in [2.24, 2.45) is 0 Å². The molecule has 0 spiro atoms. The lowest BCUT2D eigenvalue weighted by atomic mass is 10.2. The minimum absolute atomic E-state index is 0.456. The minimum atomic E-state index is 0.456. The molecular formula is C14H10Cl2N4. The van der Waals surface area contributed by atoms with Crippen LogP contribution in [0.4, 0.5) is 5.82 Å². The van der Waals surface area contributed by atoms with Crippen LogP contribution in [0.5, 0.6) is 0 Å². The Bertz CT molecular complexity index is 767. The molecule has 3 rings (SSSR count). The highest BCUT2D eigenvalue weighted by atomic mass is 35.5. The van der Waals surface area contributed by atoms with Gasteiger partial charge in [-0.05, 0) is 30.3 Å². The lowest BCUT2D eigenvalue weighted by Gasteiger charge is -2.10. The lowest BCUT2D eigenvalue weighted by Crippen LogP contribution is -1.97. The Morgan fingerprint density at radius 1 is 1.10 bits per heavy atom. The topological polar surface area (TPSA) is 56.7 Å². The summed E-state index contributed by atoms with van der Waals surface area (Å²) in [5, 5.41) is 1.15. The predicted octanol–water partition coefficient (Wildman–Crippen LogP) is 3.82. The third kappa shape index (κ3) is 2.35. The maximum absolute atomic E-state index is 6.24. The number of halogens is 2. The zero-order valence-electron chi connectivity index (χ0n) is 10.3. The number of aromatic nitrogens is 3. The maximum Gasteiger partial charge on any atom is 0.123 e. The highest BCUT2D eigenvalue weighted by molar-refractivity contribution is 6.35. The first-order chi connectivity index (χ1) is 9.65. The Kier molecular flexibility index (Phi) is 3.34. The molecule has 0 fully saturated rings. The number of imidazole rings is 1. The van der Waals surface area contributed by atoms with Crippen molar-refractivity contribution in [1.82, 2.24) is 14.5 Å². The fraction of sp³-hybridized carbons (Fsp3) is 0. The minimum Gasteiger partial charge on any atom is -0.384 e. The average Bonchev–Trinajstić information content (AvgIpc) is 2.87. The number of nitrogen functional groups attached to an aromatic ring is 1. The van der Waals surface area contributed by atoms with Gasteiger partial charge in [0.05, 0.1) is 28.9 Å². The van der Waals surface area contributed by atoms with Crippen LogP contribution in [-0.4, -0.2) is 14.5 Å². The molecule has 0 bridgehead atoms. The average molecular weight is 305 g/mol. The van der Waals surface area contributed by atoms with Gasteiger partial charge in [0.25, 0.3) is 0 Å². The maximum atomic E-state index is 6.24. The van der Waals surface area contributed by atoms with Crippen LogP contribution >= 0.6 is 23.2 Å². The van der Waals surface area contributed by atoms with E-state index in [4.69, 9.17) is 28.9 Å². The van der Waals surface area contributed by atoms with Gasteiger partial charge in [0.15, 0.2) is 0 Å². The van der Waals surface area contributed by atoms with Gasteiger partial charge in [0.1, 0.15) is 5.82 Å². The molecule has 0 aliphatic carbocycles. The second-order valence-corrected chi connectivity index (χ2v) is 5.06. The second-order valence-electron chi connectivity index (χ2n) is 4.21. The lowest BCUT2D eigenvalue weighted by molar-refractivity contribution is 1.06. The van der Waals surface area contributed by atoms with Gasteiger partial charge in [0, 0.05) is 16.8 Å². The molecule has 20 heavy (non-hydrogen) atoms. The normalized spacial score (nSPS) is 10.7. The van der Waals surface area contributed by atoms with Crippen molar-refractivity contribution in [1.29, 1.82) is 0 Å². The van der Waals surface area contributed by atoms with Gasteiger partial charge in [0.2, 0.25) is 0 Å². The molecule has 2 N–H and O–H groups in total. The van der Waals surface area contributed by atoms with E-state index in [1.807, 2.05) is 16.7 Å². The van der Waals surface area contributed by atoms with Crippen LogP contribution in [0.25, 0.3) is 16.9 Å². The SMILES string of the molecule is Nc1cc(-c2cncn2-c2ccc(Cl)cc2Cl)ccn1. The van der Waals surface area contributed by atoms with E-state index in [0.29, 0.717) is 15.9 Å². The molecule has 0 radical (unpaired) electrons. The summed E-state index contributed by atoms with van der Waals surface area (Å²) in [6.07, 6.45) is 5.10. The Morgan fingerprint density at radius 2 is 1.95 bits per heavy atom. The van der Waals surface area contributed by atoms with E-state index in [1.165, 1.54) is 0 Å². The monoisotopic (exact) mass is 304 g/mol. The van der Waals surface area contributed by atoms with E-state index in [2.05, 4.69) is 9.97 Å². The van der Waals surface area contributed by atoms with Crippen LogP contribution in [-0.2, 0) is 0 Å². The summed E-state index contributed by atoms with van der Waals surface area (Å²) in [5.41, 5.74) is 8.32. The summed E-state index contributed by atoms with van der Waals surface area (Å²) in [6, 6.07) is 8.99. The first-order valence-corrected chi connectivity index (χ1v) is 6.60. The van der Waals surface area contributed by atoms with Crippen LogP contribution < -0.4 is 5.73 Å². The van der Waals surface area contributed by atoms with Gasteiger partial charge >= 0.3 is 0 Å². The molecular weight excluding hydrogens is 295 g/mol. The Labute approximate surface area is 125 Å². The third-order valence-corrected chi connectivity index (χ3v) is 3.42. The van der Waals surface area contributed by atoms with Crippen LogP contribution in [0.3, 0.4) is 0 Å². The van der Waals surface area contributed by atoms with Gasteiger partial charge in [-0.15, -0.1) is 0 Å². The third-order valence-electron chi connectivity index (χ3n) is 2.88. The number of nitrogens with two attached hydrogens (primary N) is 1. The van der Waals surface area contributed by atoms with Gasteiger partial charge in [-0.2, -0.15) is 0 Å². The first kappa shape index (κ1) is 13.0. The number of hydrogen-bond donors (Lipinski definition) is 1. The highest BCUT2D eigenvalue weighted by Crippen LogP contribution is 2.29. The molecule has 0 saturated heterocycles. The molecule has 0 atom stereocenters. The summed E-state index contributed by atoms with van der Waals surface area (Å²) >= 11 is 12.2. The fourth-order valence-electron chi connectivity index (χ4n) is 1.98. The Balaban J connectivity index is 2.15. The molecule has 2 heterocycles. The number of nitrogens with zero attached hydrogens (tertiary/aromatic N) is 3. The molecule has 1 aromatic carbocycles. The molecule has 6 heteroatoms. The van der Waals surface area contributed by atoms with Gasteiger partial charge in [-0.25, -0.2) is 9.97 Å². The zero-order valence-corrected chi connectivity index (χ0v) is 11.8. The van der Waals surface area contributed by atoms with Crippen molar-refractivity contribution in [3.63, 3.8) is 0 Å². The van der Waals surface area contributed by atoms with E-state index >= 15 is 0 Å². The van der Waals surface area contributed by atoms with Crippen LogP contribution in [0, 0.1) is 0 Å². The van der Waals surface area contributed by atoms with E-state index in [-0.39, 0.29) is 0 Å². The molecule has 0 unspecified atom stereocenters. The number of pyridine rings is 1. The van der Waals surface area contributed by atoms with Crippen molar-refractivity contribution in [2.45, 2.75) is 0 Å². The summed E-state index contributed by atoms with van der Waals surface area (Å²) in [6.45, 7) is 0. The molecule has 3 aromatic rings. The second kappa shape index (κ2) is 5.15. The summed E-state index contributed by atoms with van der Waals surface area (Å²) in [4.78, 5) is 8.16. The molecule has 2 aromatic heterocycles. The van der Waals surface area contributed by atoms with Gasteiger partial charge in [-0.3, -0.25) is 4.57 Å². The smallest absolute Gasteiger partial charge is 0.123 e. The molecule has 0 aliphatic rings. The summed E-state index contributed by atoms with van der Waals surface area (Å²) in [5.74, 6) is 0.456. The molecule has 0 amide bonds. The van der Waals surface area contributed by atoms with Crippen LogP contribution in [0.1, 0.15) is 0 Å². The van der Waals surface area contributed by atoms with Crippen LogP contribution in [0.15, 0.2) is 49.1 Å². The first-order valence-electron chi connectivity index (χ1n) is 5.85. The van der Waals surface area contributed by atoms with Crippen molar-refractivity contribution >= 4 is 29.0 Å². The van der Waals surface area contributed by atoms with Crippen molar-refractivity contribution in [3.8, 4) is 16.9 Å². The van der Waals surface area contributed by atoms with Crippen molar-refractivity contribution in [2.75, 3.05) is 5.73 Å². The Hall–Kier alpha value is -2.04. The number of benzene rings is 1. The number of anilines is 1. The number of hydrogen-bond acceptors (Lipinski definition) is 3. The molecule has 4 nitrogen and oxygen atoms in total. The van der Waals surface area contributed by atoms with Gasteiger partial charge < -0.3 is 5.73 Å². The van der Waals surface area contributed by atoms with E-state index in [1.54, 1.807) is 36.9 Å². The molecule has 100 valence electrons. The molecule has 0 saturated carbocycles. The largest absolute Gasteiger partial charge is 0.384 e. The van der Waals surface area contributed by atoms with Crippen molar-refractivity contribution in [3.05, 3.63) is 59.1 Å². The zero-order chi connectivity index (χ0) is 14.1. The van der Waals surface area contributed by atoms with E-state index in [0.717, 1.165) is 16.9 Å². The van der Waals surface area contributed by atoms with Gasteiger partial charge in [-0.1, -0.05) is 23.2 Å². The summed E-state index contributed by atoms with van der Waals surface area (Å²) < 4.78 is 1.88. The quantitative estimate of drug-likeness (QED) is 0.783. The number of rotatable bonds is 2. The van der Waals surface area contributed by atoms with E-state index < -0.39 is 0 Å².